The van der Waals surface area contributed by atoms with E-state index in [1.54, 1.807) is 0 Å². The number of halogens is 1. The molecule has 3 nitrogen and oxygen atoms in total. The van der Waals surface area contributed by atoms with Crippen LogP contribution < -0.4 is 5.73 Å². The molecule has 1 fully saturated rings. The van der Waals surface area contributed by atoms with Crippen LogP contribution in [0.15, 0.2) is 33.7 Å². The van der Waals surface area contributed by atoms with Gasteiger partial charge in [0.2, 0.25) is 0 Å². The molecule has 4 heteroatoms. The highest BCUT2D eigenvalue weighted by Crippen LogP contribution is 2.41. The first-order chi connectivity index (χ1) is 9.13. The third kappa shape index (κ3) is 2.06. The normalized spacial score (nSPS) is 27.9. The van der Waals surface area contributed by atoms with Gasteiger partial charge in [0.15, 0.2) is 5.96 Å². The number of hydrogen-bond acceptors (Lipinski definition) is 3. The van der Waals surface area contributed by atoms with Crippen LogP contribution in [0.25, 0.3) is 0 Å². The predicted molar refractivity (Wildman–Crippen MR) is 82.1 cm³/mol. The summed E-state index contributed by atoms with van der Waals surface area (Å²) in [5.74, 6) is 0.713. The van der Waals surface area contributed by atoms with Gasteiger partial charge in [0, 0.05) is 10.5 Å². The number of nitrogens with two attached hydrogens (primary N) is 1. The van der Waals surface area contributed by atoms with E-state index in [-0.39, 0.29) is 5.54 Å². The van der Waals surface area contributed by atoms with E-state index in [4.69, 9.17) is 5.73 Å². The monoisotopic (exact) mass is 321 g/mol. The van der Waals surface area contributed by atoms with E-state index in [1.807, 2.05) is 0 Å². The lowest BCUT2D eigenvalue weighted by molar-refractivity contribution is 0.166. The number of rotatable bonds is 2. The highest BCUT2D eigenvalue weighted by atomic mass is 79.9. The molecule has 0 amide bonds. The quantitative estimate of drug-likeness (QED) is 0.908. The minimum absolute atomic E-state index is 0.112. The van der Waals surface area contributed by atoms with Gasteiger partial charge < -0.3 is 10.6 Å². The highest BCUT2D eigenvalue weighted by Gasteiger charge is 2.44. The van der Waals surface area contributed by atoms with Crippen LogP contribution in [-0.2, 0) is 5.54 Å². The van der Waals surface area contributed by atoms with Crippen molar-refractivity contribution in [2.45, 2.75) is 44.2 Å². The van der Waals surface area contributed by atoms with Gasteiger partial charge in [0.1, 0.15) is 0 Å². The molecule has 0 spiro atoms. The molecule has 102 valence electrons. The van der Waals surface area contributed by atoms with Gasteiger partial charge in [-0.25, -0.2) is 0 Å². The van der Waals surface area contributed by atoms with Crippen LogP contribution in [0.3, 0.4) is 0 Å². The lowest BCUT2D eigenvalue weighted by Gasteiger charge is -2.41. The molecule has 1 aromatic rings. The maximum atomic E-state index is 6.18. The average Bonchev–Trinajstić information content (AvgIpc) is 2.99. The second-order valence-corrected chi connectivity index (χ2v) is 6.59. The second-order valence-electron chi connectivity index (χ2n) is 5.74. The van der Waals surface area contributed by atoms with Crippen molar-refractivity contribution in [2.75, 3.05) is 6.54 Å². The van der Waals surface area contributed by atoms with Crippen LogP contribution in [0.4, 0.5) is 0 Å². The van der Waals surface area contributed by atoms with Crippen LogP contribution in [0.1, 0.15) is 38.2 Å². The van der Waals surface area contributed by atoms with E-state index in [9.17, 15) is 0 Å². The maximum absolute atomic E-state index is 6.18. The molecule has 1 saturated carbocycles. The Bertz CT molecular complexity index is 508. The van der Waals surface area contributed by atoms with E-state index >= 15 is 0 Å². The van der Waals surface area contributed by atoms with E-state index in [1.165, 1.54) is 31.2 Å². The smallest absolute Gasteiger partial charge is 0.192 e. The first-order valence-electron chi connectivity index (χ1n) is 6.97. The topological polar surface area (TPSA) is 41.6 Å². The Labute approximate surface area is 123 Å². The third-order valence-electron chi connectivity index (χ3n) is 4.47. The molecule has 0 radical (unpaired) electrons. The fourth-order valence-corrected chi connectivity index (χ4v) is 4.22. The Morgan fingerprint density at radius 3 is 2.68 bits per heavy atom. The van der Waals surface area contributed by atoms with Gasteiger partial charge in [-0.2, -0.15) is 0 Å². The SMILES string of the molecule is CC1(c2ccccc2Br)CN=C(N)N1C1CCCC1. The molecule has 1 aliphatic heterocycles. The zero-order chi connectivity index (χ0) is 13.5. The minimum Gasteiger partial charge on any atom is -0.370 e. The maximum Gasteiger partial charge on any atom is 0.192 e. The number of hydrogen-bond donors (Lipinski definition) is 1. The van der Waals surface area contributed by atoms with Gasteiger partial charge in [0.25, 0.3) is 0 Å². The molecule has 3 rings (SSSR count). The van der Waals surface area contributed by atoms with E-state index < -0.39 is 0 Å². The Morgan fingerprint density at radius 1 is 1.32 bits per heavy atom. The summed E-state index contributed by atoms with van der Waals surface area (Å²) in [4.78, 5) is 6.89. The summed E-state index contributed by atoms with van der Waals surface area (Å²) in [6.07, 6.45) is 5.08. The average molecular weight is 322 g/mol. The molecular formula is C15H20BrN3. The summed E-state index contributed by atoms with van der Waals surface area (Å²) < 4.78 is 1.14. The fourth-order valence-electron chi connectivity index (χ4n) is 3.51. The van der Waals surface area contributed by atoms with E-state index in [2.05, 4.69) is 57.0 Å². The molecule has 19 heavy (non-hydrogen) atoms. The zero-order valence-electron chi connectivity index (χ0n) is 11.3. The third-order valence-corrected chi connectivity index (χ3v) is 5.16. The zero-order valence-corrected chi connectivity index (χ0v) is 12.9. The van der Waals surface area contributed by atoms with Crippen molar-refractivity contribution in [3.8, 4) is 0 Å². The van der Waals surface area contributed by atoms with Gasteiger partial charge in [-0.1, -0.05) is 47.0 Å². The van der Waals surface area contributed by atoms with E-state index in [0.717, 1.165) is 11.0 Å². The largest absolute Gasteiger partial charge is 0.370 e. The molecule has 2 aliphatic rings. The summed E-state index contributed by atoms with van der Waals surface area (Å²) in [6, 6.07) is 8.97. The van der Waals surface area contributed by atoms with Gasteiger partial charge in [-0.15, -0.1) is 0 Å². The molecule has 0 bridgehead atoms. The minimum atomic E-state index is -0.112. The van der Waals surface area contributed by atoms with Gasteiger partial charge in [-0.3, -0.25) is 4.99 Å². The Morgan fingerprint density at radius 2 is 2.00 bits per heavy atom. The molecule has 1 aromatic carbocycles. The van der Waals surface area contributed by atoms with Crippen molar-refractivity contribution in [1.29, 1.82) is 0 Å². The Kier molecular flexibility index (Phi) is 3.29. The lowest BCUT2D eigenvalue weighted by atomic mass is 9.89. The lowest BCUT2D eigenvalue weighted by Crippen LogP contribution is -2.52. The molecule has 0 aromatic heterocycles. The second kappa shape index (κ2) is 4.82. The molecule has 2 N–H and O–H groups in total. The van der Waals surface area contributed by atoms with Crippen molar-refractivity contribution in [2.24, 2.45) is 10.7 Å². The summed E-state index contributed by atoms with van der Waals surface area (Å²) >= 11 is 3.68. The number of aliphatic imine (C=N–C) groups is 1. The van der Waals surface area contributed by atoms with Crippen molar-refractivity contribution >= 4 is 21.9 Å². The van der Waals surface area contributed by atoms with Crippen LogP contribution in [-0.4, -0.2) is 23.4 Å². The van der Waals surface area contributed by atoms with Gasteiger partial charge in [0.05, 0.1) is 12.1 Å². The molecule has 0 saturated heterocycles. The predicted octanol–water partition coefficient (Wildman–Crippen LogP) is 3.24. The Balaban J connectivity index is 2.00. The summed E-state index contributed by atoms with van der Waals surface area (Å²) in [5.41, 5.74) is 7.35. The number of nitrogens with zero attached hydrogens (tertiary/aromatic N) is 2. The van der Waals surface area contributed by atoms with Crippen LogP contribution in [0.5, 0.6) is 0 Å². The summed E-state index contributed by atoms with van der Waals surface area (Å²) in [7, 11) is 0. The van der Waals surface area contributed by atoms with Crippen LogP contribution >= 0.6 is 15.9 Å². The molecule has 1 heterocycles. The summed E-state index contributed by atoms with van der Waals surface area (Å²) in [6.45, 7) is 3.01. The van der Waals surface area contributed by atoms with Gasteiger partial charge in [-0.05, 0) is 31.4 Å². The first-order valence-corrected chi connectivity index (χ1v) is 7.76. The Hall–Kier alpha value is -1.03. The first kappa shape index (κ1) is 13.0. The molecular weight excluding hydrogens is 302 g/mol. The summed E-state index contributed by atoms with van der Waals surface area (Å²) in [5, 5.41) is 0. The van der Waals surface area contributed by atoms with Crippen LogP contribution in [0.2, 0.25) is 0 Å². The van der Waals surface area contributed by atoms with Crippen molar-refractivity contribution in [1.82, 2.24) is 4.90 Å². The van der Waals surface area contributed by atoms with Gasteiger partial charge >= 0.3 is 0 Å². The highest BCUT2D eigenvalue weighted by molar-refractivity contribution is 9.10. The molecule has 1 unspecified atom stereocenters. The van der Waals surface area contributed by atoms with Crippen LogP contribution in [0, 0.1) is 0 Å². The van der Waals surface area contributed by atoms with Crippen molar-refractivity contribution in [3.05, 3.63) is 34.3 Å². The van der Waals surface area contributed by atoms with Crippen molar-refractivity contribution in [3.63, 3.8) is 0 Å². The van der Waals surface area contributed by atoms with Crippen molar-refractivity contribution < 1.29 is 0 Å². The molecule has 1 aliphatic carbocycles. The number of guanidine groups is 1. The molecule has 1 atom stereocenters. The number of benzene rings is 1. The van der Waals surface area contributed by atoms with E-state index in [0.29, 0.717) is 12.0 Å². The standard InChI is InChI=1S/C15H20BrN3/c1-15(12-8-4-5-9-13(12)16)10-18-14(17)19(15)11-6-2-3-7-11/h4-5,8-9,11H,2-3,6-7,10H2,1H3,(H2,17,18). The fraction of sp³-hybridized carbons (Fsp3) is 0.533.